The highest BCUT2D eigenvalue weighted by molar-refractivity contribution is 8.00. The lowest BCUT2D eigenvalue weighted by Crippen LogP contribution is -2.31. The van der Waals surface area contributed by atoms with Crippen LogP contribution in [0.5, 0.6) is 5.75 Å². The maximum Gasteiger partial charge on any atom is 0.233 e. The number of thioether (sulfide) groups is 1. The van der Waals surface area contributed by atoms with E-state index in [1.165, 1.54) is 16.4 Å². The Balaban J connectivity index is 1.64. The van der Waals surface area contributed by atoms with E-state index in [4.69, 9.17) is 22.2 Å². The Bertz CT molecular complexity index is 978. The first-order valence-corrected chi connectivity index (χ1v) is 9.78. The number of amides is 1. The number of carbonyl (C=O) groups excluding carboxylic acids is 1. The second-order valence-electron chi connectivity index (χ2n) is 5.98. The fourth-order valence-corrected chi connectivity index (χ4v) is 3.55. The van der Waals surface area contributed by atoms with Gasteiger partial charge in [-0.05, 0) is 25.1 Å². The summed E-state index contributed by atoms with van der Waals surface area (Å²) in [6.07, 6.45) is 0. The highest BCUT2D eigenvalue weighted by Gasteiger charge is 2.20. The minimum absolute atomic E-state index is 0.136. The van der Waals surface area contributed by atoms with Crippen LogP contribution in [0.25, 0.3) is 11.4 Å². The van der Waals surface area contributed by atoms with Crippen LogP contribution in [0.4, 0.5) is 0 Å². The number of nitrogens with two attached hydrogens (primary N) is 1. The maximum absolute atomic E-state index is 12.5. The molecule has 7 nitrogen and oxygen atoms in total. The summed E-state index contributed by atoms with van der Waals surface area (Å²) in [5.41, 5.74) is 1.66. The van der Waals surface area contributed by atoms with Gasteiger partial charge in [0, 0.05) is 22.7 Å². The van der Waals surface area contributed by atoms with Gasteiger partial charge >= 0.3 is 0 Å². The van der Waals surface area contributed by atoms with E-state index < -0.39 is 5.25 Å². The first-order valence-electron chi connectivity index (χ1n) is 8.52. The van der Waals surface area contributed by atoms with Crippen LogP contribution in [0.2, 0.25) is 5.02 Å². The van der Waals surface area contributed by atoms with E-state index in [1.807, 2.05) is 36.4 Å². The Hall–Kier alpha value is -2.71. The fourth-order valence-electron chi connectivity index (χ4n) is 2.57. The van der Waals surface area contributed by atoms with E-state index in [-0.39, 0.29) is 5.91 Å². The molecule has 0 aliphatic carbocycles. The average Bonchev–Trinajstić information content (AvgIpc) is 3.06. The lowest BCUT2D eigenvalue weighted by molar-refractivity contribution is -0.120. The van der Waals surface area contributed by atoms with Crippen molar-refractivity contribution in [3.05, 3.63) is 59.1 Å². The second-order valence-corrected chi connectivity index (χ2v) is 7.72. The second kappa shape index (κ2) is 8.99. The minimum Gasteiger partial charge on any atom is -0.496 e. The number of hydrogen-bond acceptors (Lipinski definition) is 6. The zero-order valence-corrected chi connectivity index (χ0v) is 17.0. The van der Waals surface area contributed by atoms with Crippen molar-refractivity contribution in [2.45, 2.75) is 23.9 Å². The van der Waals surface area contributed by atoms with E-state index in [9.17, 15) is 4.79 Å². The molecule has 3 aromatic rings. The molecular formula is C19H20ClN5O2S. The van der Waals surface area contributed by atoms with Crippen molar-refractivity contribution in [3.8, 4) is 17.1 Å². The monoisotopic (exact) mass is 417 g/mol. The summed E-state index contributed by atoms with van der Waals surface area (Å²) in [4.78, 5) is 12.5. The molecule has 3 rings (SSSR count). The predicted octanol–water partition coefficient (Wildman–Crippen LogP) is 3.12. The summed E-state index contributed by atoms with van der Waals surface area (Å²) < 4.78 is 6.66. The highest BCUT2D eigenvalue weighted by Crippen LogP contribution is 2.26. The van der Waals surface area contributed by atoms with Gasteiger partial charge in [0.1, 0.15) is 5.75 Å². The number of rotatable bonds is 7. The number of ether oxygens (including phenoxy) is 1. The zero-order valence-electron chi connectivity index (χ0n) is 15.4. The summed E-state index contributed by atoms with van der Waals surface area (Å²) in [6, 6.07) is 14.7. The summed E-state index contributed by atoms with van der Waals surface area (Å²) in [6.45, 7) is 2.16. The quantitative estimate of drug-likeness (QED) is 0.453. The molecule has 0 saturated heterocycles. The molecular weight excluding hydrogens is 398 g/mol. The predicted molar refractivity (Wildman–Crippen MR) is 111 cm³/mol. The molecule has 28 heavy (non-hydrogen) atoms. The molecule has 1 atom stereocenters. The Morgan fingerprint density at radius 1 is 1.29 bits per heavy atom. The lowest BCUT2D eigenvalue weighted by Gasteiger charge is -2.13. The third-order valence-electron chi connectivity index (χ3n) is 4.04. The van der Waals surface area contributed by atoms with Crippen LogP contribution >= 0.6 is 23.4 Å². The van der Waals surface area contributed by atoms with Gasteiger partial charge in [0.15, 0.2) is 5.82 Å². The fraction of sp³-hybridized carbons (Fsp3) is 0.211. The van der Waals surface area contributed by atoms with Crippen LogP contribution in [0, 0.1) is 0 Å². The Kier molecular flexibility index (Phi) is 6.43. The number of methoxy groups -OCH3 is 1. The van der Waals surface area contributed by atoms with Crippen LogP contribution in [0.15, 0.2) is 53.7 Å². The number of para-hydroxylation sites is 1. The van der Waals surface area contributed by atoms with Gasteiger partial charge in [0.05, 0.1) is 12.4 Å². The van der Waals surface area contributed by atoms with Crippen LogP contribution in [0.3, 0.4) is 0 Å². The maximum atomic E-state index is 12.5. The molecule has 0 aliphatic heterocycles. The van der Waals surface area contributed by atoms with Crippen molar-refractivity contribution >= 4 is 29.3 Å². The van der Waals surface area contributed by atoms with E-state index in [2.05, 4.69) is 15.5 Å². The van der Waals surface area contributed by atoms with Crippen LogP contribution in [-0.4, -0.2) is 33.1 Å². The highest BCUT2D eigenvalue weighted by atomic mass is 35.5. The third kappa shape index (κ3) is 4.58. The first kappa shape index (κ1) is 20.0. The third-order valence-corrected chi connectivity index (χ3v) is 5.34. The van der Waals surface area contributed by atoms with Gasteiger partial charge in [0.25, 0.3) is 0 Å². The summed E-state index contributed by atoms with van der Waals surface area (Å²) in [7, 11) is 1.60. The number of nitrogens with one attached hydrogen (secondary N) is 1. The van der Waals surface area contributed by atoms with Crippen molar-refractivity contribution in [2.24, 2.45) is 0 Å². The van der Waals surface area contributed by atoms with Crippen molar-refractivity contribution in [1.29, 1.82) is 0 Å². The summed E-state index contributed by atoms with van der Waals surface area (Å²) in [5.74, 6) is 7.19. The number of halogens is 1. The molecule has 2 aromatic carbocycles. The van der Waals surface area contributed by atoms with Crippen molar-refractivity contribution in [3.63, 3.8) is 0 Å². The van der Waals surface area contributed by atoms with Gasteiger partial charge in [-0.1, -0.05) is 53.7 Å². The SMILES string of the molecule is COc1ccccc1CNC(=O)[C@@H](C)Sc1nnc(-c2cccc(Cl)c2)n1N. The van der Waals surface area contributed by atoms with Gasteiger partial charge in [-0.15, -0.1) is 10.2 Å². The zero-order chi connectivity index (χ0) is 20.1. The topological polar surface area (TPSA) is 95.1 Å². The molecule has 0 bridgehead atoms. The van der Waals surface area contributed by atoms with E-state index in [0.717, 1.165) is 16.9 Å². The Morgan fingerprint density at radius 2 is 2.07 bits per heavy atom. The Labute approximate surface area is 172 Å². The molecule has 0 aliphatic rings. The molecule has 0 saturated carbocycles. The van der Waals surface area contributed by atoms with Gasteiger partial charge in [-0.25, -0.2) is 4.68 Å². The van der Waals surface area contributed by atoms with E-state index in [0.29, 0.717) is 22.5 Å². The largest absolute Gasteiger partial charge is 0.496 e. The van der Waals surface area contributed by atoms with Gasteiger partial charge in [-0.2, -0.15) is 0 Å². The number of benzene rings is 2. The average molecular weight is 418 g/mol. The molecule has 1 aromatic heterocycles. The Morgan fingerprint density at radius 3 is 2.82 bits per heavy atom. The molecule has 0 spiro atoms. The molecule has 0 unspecified atom stereocenters. The number of hydrogen-bond donors (Lipinski definition) is 2. The number of carbonyl (C=O) groups is 1. The van der Waals surface area contributed by atoms with Crippen molar-refractivity contribution in [1.82, 2.24) is 20.2 Å². The summed E-state index contributed by atoms with van der Waals surface area (Å²) in [5, 5.41) is 11.7. The van der Waals surface area contributed by atoms with Gasteiger partial charge in [0.2, 0.25) is 11.1 Å². The molecule has 1 amide bonds. The molecule has 3 N–H and O–H groups in total. The van der Waals surface area contributed by atoms with Crippen molar-refractivity contribution < 1.29 is 9.53 Å². The van der Waals surface area contributed by atoms with Crippen molar-refractivity contribution in [2.75, 3.05) is 13.0 Å². The molecule has 0 fully saturated rings. The molecule has 9 heteroatoms. The van der Waals surface area contributed by atoms with Gasteiger partial charge in [-0.3, -0.25) is 4.79 Å². The number of nitrogens with zero attached hydrogens (tertiary/aromatic N) is 3. The van der Waals surface area contributed by atoms with E-state index in [1.54, 1.807) is 26.2 Å². The van der Waals surface area contributed by atoms with Crippen LogP contribution in [-0.2, 0) is 11.3 Å². The number of nitrogen functional groups attached to an aromatic ring is 1. The standard InChI is InChI=1S/C19H20ClN5O2S/c1-12(18(26)22-11-14-6-3-4-9-16(14)27-2)28-19-24-23-17(25(19)21)13-7-5-8-15(20)10-13/h3-10,12H,11,21H2,1-2H3,(H,22,26)/t12-/m1/s1. The molecule has 146 valence electrons. The normalized spacial score (nSPS) is 11.8. The van der Waals surface area contributed by atoms with E-state index >= 15 is 0 Å². The summed E-state index contributed by atoms with van der Waals surface area (Å²) >= 11 is 7.25. The molecule has 0 radical (unpaired) electrons. The minimum atomic E-state index is -0.409. The van der Waals surface area contributed by atoms with Gasteiger partial charge < -0.3 is 15.9 Å². The smallest absolute Gasteiger partial charge is 0.233 e. The number of aromatic nitrogens is 3. The van der Waals surface area contributed by atoms with Crippen LogP contribution in [0.1, 0.15) is 12.5 Å². The lowest BCUT2D eigenvalue weighted by atomic mass is 10.2. The first-order chi connectivity index (χ1) is 13.5. The van der Waals surface area contributed by atoms with Crippen LogP contribution < -0.4 is 15.9 Å². The molecule has 1 heterocycles.